The van der Waals surface area contributed by atoms with E-state index in [4.69, 9.17) is 0 Å². The lowest BCUT2D eigenvalue weighted by Gasteiger charge is -2.04. The van der Waals surface area contributed by atoms with Crippen molar-refractivity contribution < 1.29 is 4.79 Å². The fraction of sp³-hybridized carbons (Fsp3) is 0.167. The molecule has 2 aromatic rings. The molecule has 0 radical (unpaired) electrons. The molecule has 1 heterocycles. The van der Waals surface area contributed by atoms with Gasteiger partial charge in [-0.1, -0.05) is 6.07 Å². The van der Waals surface area contributed by atoms with E-state index in [9.17, 15) is 4.79 Å². The van der Waals surface area contributed by atoms with Crippen LogP contribution in [0.1, 0.15) is 21.6 Å². The Balaban J connectivity index is 2.50. The molecule has 0 saturated carbocycles. The van der Waals surface area contributed by atoms with Crippen LogP contribution in [0.5, 0.6) is 0 Å². The number of imidazole rings is 1. The van der Waals surface area contributed by atoms with Crippen molar-refractivity contribution >= 4 is 6.29 Å². The molecule has 0 saturated heterocycles. The van der Waals surface area contributed by atoms with Crippen molar-refractivity contribution in [3.63, 3.8) is 0 Å². The number of rotatable bonds is 2. The van der Waals surface area contributed by atoms with Gasteiger partial charge in [0.2, 0.25) is 0 Å². The summed E-state index contributed by atoms with van der Waals surface area (Å²) >= 11 is 0. The van der Waals surface area contributed by atoms with E-state index in [1.54, 1.807) is 6.33 Å². The van der Waals surface area contributed by atoms with Gasteiger partial charge in [-0.15, -0.1) is 0 Å². The second kappa shape index (κ2) is 3.69. The van der Waals surface area contributed by atoms with Crippen molar-refractivity contribution in [1.29, 1.82) is 0 Å². The molecule has 0 amide bonds. The minimum absolute atomic E-state index is 0.721. The molecule has 0 bridgehead atoms. The van der Waals surface area contributed by atoms with Gasteiger partial charge >= 0.3 is 0 Å². The molecule has 76 valence electrons. The van der Waals surface area contributed by atoms with Crippen LogP contribution in [-0.4, -0.2) is 15.8 Å². The molecule has 0 unspecified atom stereocenters. The average molecular weight is 200 g/mol. The summed E-state index contributed by atoms with van der Waals surface area (Å²) in [5.41, 5.74) is 3.64. The van der Waals surface area contributed by atoms with E-state index < -0.39 is 0 Å². The van der Waals surface area contributed by atoms with Gasteiger partial charge < -0.3 is 4.57 Å². The van der Waals surface area contributed by atoms with Crippen LogP contribution in [0.25, 0.3) is 5.69 Å². The number of aldehydes is 1. The van der Waals surface area contributed by atoms with Crippen LogP contribution in [0.3, 0.4) is 0 Å². The molecule has 3 heteroatoms. The number of carbonyl (C=O) groups is 1. The SMILES string of the molecule is Cc1cn(-c2ccc(C)c(C=O)c2)cn1. The highest BCUT2D eigenvalue weighted by Gasteiger charge is 2.01. The Kier molecular flexibility index (Phi) is 2.37. The molecule has 3 nitrogen and oxygen atoms in total. The molecule has 0 N–H and O–H groups in total. The number of benzene rings is 1. The quantitative estimate of drug-likeness (QED) is 0.697. The molecule has 15 heavy (non-hydrogen) atoms. The first kappa shape index (κ1) is 9.65. The smallest absolute Gasteiger partial charge is 0.150 e. The first-order valence-corrected chi connectivity index (χ1v) is 4.77. The van der Waals surface area contributed by atoms with Gasteiger partial charge in [0.25, 0.3) is 0 Å². The van der Waals surface area contributed by atoms with Crippen molar-refractivity contribution in [3.05, 3.63) is 47.5 Å². The van der Waals surface area contributed by atoms with Gasteiger partial charge in [-0.2, -0.15) is 0 Å². The Morgan fingerprint density at radius 1 is 1.33 bits per heavy atom. The first-order chi connectivity index (χ1) is 7.20. The number of aryl methyl sites for hydroxylation is 2. The van der Waals surface area contributed by atoms with Gasteiger partial charge in [0.05, 0.1) is 12.0 Å². The molecule has 1 aromatic heterocycles. The predicted octanol–water partition coefficient (Wildman–Crippen LogP) is 2.30. The van der Waals surface area contributed by atoms with Crippen LogP contribution in [0.2, 0.25) is 0 Å². The maximum Gasteiger partial charge on any atom is 0.150 e. The Morgan fingerprint density at radius 2 is 2.13 bits per heavy atom. The van der Waals surface area contributed by atoms with Gasteiger partial charge in [0.1, 0.15) is 6.29 Å². The van der Waals surface area contributed by atoms with E-state index in [2.05, 4.69) is 4.98 Å². The molecule has 0 aliphatic rings. The summed E-state index contributed by atoms with van der Waals surface area (Å²) in [6.07, 6.45) is 4.55. The van der Waals surface area contributed by atoms with Crippen molar-refractivity contribution in [1.82, 2.24) is 9.55 Å². The Bertz CT molecular complexity index is 500. The van der Waals surface area contributed by atoms with Crippen molar-refractivity contribution in [3.8, 4) is 5.69 Å². The lowest BCUT2D eigenvalue weighted by atomic mass is 10.1. The van der Waals surface area contributed by atoms with Crippen LogP contribution in [0.15, 0.2) is 30.7 Å². The van der Waals surface area contributed by atoms with E-state index in [1.165, 1.54) is 0 Å². The number of carbonyl (C=O) groups excluding carboxylic acids is 1. The molecule has 0 fully saturated rings. The third kappa shape index (κ3) is 1.81. The van der Waals surface area contributed by atoms with Crippen LogP contribution in [-0.2, 0) is 0 Å². The van der Waals surface area contributed by atoms with Crippen molar-refractivity contribution in [2.24, 2.45) is 0 Å². The summed E-state index contributed by atoms with van der Waals surface area (Å²) in [6, 6.07) is 5.78. The predicted molar refractivity (Wildman–Crippen MR) is 58.4 cm³/mol. The van der Waals surface area contributed by atoms with Gasteiger partial charge in [-0.05, 0) is 31.5 Å². The minimum Gasteiger partial charge on any atom is -0.306 e. The maximum atomic E-state index is 10.8. The summed E-state index contributed by atoms with van der Waals surface area (Å²) in [7, 11) is 0. The second-order valence-electron chi connectivity index (χ2n) is 3.58. The third-order valence-electron chi connectivity index (χ3n) is 2.40. The van der Waals surface area contributed by atoms with Crippen LogP contribution in [0.4, 0.5) is 0 Å². The Hall–Kier alpha value is -1.90. The molecule has 0 aliphatic heterocycles. The monoisotopic (exact) mass is 200 g/mol. The Labute approximate surface area is 88.4 Å². The second-order valence-corrected chi connectivity index (χ2v) is 3.58. The van der Waals surface area contributed by atoms with Crippen molar-refractivity contribution in [2.75, 3.05) is 0 Å². The normalized spacial score (nSPS) is 10.3. The topological polar surface area (TPSA) is 34.9 Å². The number of hydrogen-bond acceptors (Lipinski definition) is 2. The highest BCUT2D eigenvalue weighted by molar-refractivity contribution is 5.78. The van der Waals surface area contributed by atoms with Gasteiger partial charge in [-0.3, -0.25) is 4.79 Å². The molecule has 2 rings (SSSR count). The lowest BCUT2D eigenvalue weighted by molar-refractivity contribution is 0.112. The standard InChI is InChI=1S/C12H12N2O/c1-9-3-4-12(5-11(9)7-15)14-6-10(2)13-8-14/h3-8H,1-2H3. The van der Waals surface area contributed by atoms with E-state index in [0.29, 0.717) is 0 Å². The molecule has 1 aromatic carbocycles. The zero-order chi connectivity index (χ0) is 10.8. The van der Waals surface area contributed by atoms with Gasteiger partial charge in [-0.25, -0.2) is 4.98 Å². The minimum atomic E-state index is 0.721. The van der Waals surface area contributed by atoms with Gasteiger partial charge in [0.15, 0.2) is 0 Å². The summed E-state index contributed by atoms with van der Waals surface area (Å²) in [6.45, 7) is 3.86. The summed E-state index contributed by atoms with van der Waals surface area (Å²) < 4.78 is 1.90. The number of nitrogens with zero attached hydrogens (tertiary/aromatic N) is 2. The molecular weight excluding hydrogens is 188 g/mol. The fourth-order valence-corrected chi connectivity index (χ4v) is 1.48. The van der Waals surface area contributed by atoms with E-state index in [1.807, 2.05) is 42.8 Å². The zero-order valence-corrected chi connectivity index (χ0v) is 8.77. The summed E-state index contributed by atoms with van der Waals surface area (Å²) in [5.74, 6) is 0. The van der Waals surface area contributed by atoms with E-state index in [0.717, 1.165) is 28.8 Å². The maximum absolute atomic E-state index is 10.8. The van der Waals surface area contributed by atoms with Crippen molar-refractivity contribution in [2.45, 2.75) is 13.8 Å². The highest BCUT2D eigenvalue weighted by atomic mass is 16.1. The largest absolute Gasteiger partial charge is 0.306 e. The lowest BCUT2D eigenvalue weighted by Crippen LogP contribution is -1.93. The average Bonchev–Trinajstić information content (AvgIpc) is 2.66. The molecule has 0 spiro atoms. The summed E-state index contributed by atoms with van der Waals surface area (Å²) in [4.78, 5) is 14.9. The van der Waals surface area contributed by atoms with E-state index >= 15 is 0 Å². The van der Waals surface area contributed by atoms with Crippen LogP contribution < -0.4 is 0 Å². The number of hydrogen-bond donors (Lipinski definition) is 0. The highest BCUT2D eigenvalue weighted by Crippen LogP contribution is 2.13. The summed E-state index contributed by atoms with van der Waals surface area (Å²) in [5, 5.41) is 0. The fourth-order valence-electron chi connectivity index (χ4n) is 1.48. The van der Waals surface area contributed by atoms with Gasteiger partial charge in [0, 0.05) is 17.4 Å². The Morgan fingerprint density at radius 3 is 2.73 bits per heavy atom. The zero-order valence-electron chi connectivity index (χ0n) is 8.77. The molecule has 0 aliphatic carbocycles. The van der Waals surface area contributed by atoms with E-state index in [-0.39, 0.29) is 0 Å². The third-order valence-corrected chi connectivity index (χ3v) is 2.40. The molecule has 0 atom stereocenters. The van der Waals surface area contributed by atoms with Crippen LogP contribution in [0, 0.1) is 13.8 Å². The number of aromatic nitrogens is 2. The van der Waals surface area contributed by atoms with Crippen LogP contribution >= 0.6 is 0 Å². The first-order valence-electron chi connectivity index (χ1n) is 4.77. The molecular formula is C12H12N2O.